The molecule has 0 bridgehead atoms. The normalized spacial score (nSPS) is 19.7. The summed E-state index contributed by atoms with van der Waals surface area (Å²) in [5.41, 5.74) is 9.44. The molecule has 11 heteroatoms. The van der Waals surface area contributed by atoms with E-state index in [4.69, 9.17) is 20.2 Å². The Hall–Kier alpha value is -3.02. The van der Waals surface area contributed by atoms with Gasteiger partial charge >= 0.3 is 0 Å². The van der Waals surface area contributed by atoms with E-state index in [-0.39, 0.29) is 18.6 Å². The van der Waals surface area contributed by atoms with Crippen LogP contribution in [-0.2, 0) is 11.3 Å². The molecule has 5 heterocycles. The molecule has 5 rings (SSSR count). The molecule has 38 heavy (non-hydrogen) atoms. The number of aliphatic hydroxyl groups excluding tert-OH is 1. The van der Waals surface area contributed by atoms with Crippen LogP contribution in [0.15, 0.2) is 18.5 Å². The Morgan fingerprint density at radius 3 is 2.76 bits per heavy atom. The zero-order valence-electron chi connectivity index (χ0n) is 22.5. The summed E-state index contributed by atoms with van der Waals surface area (Å²) in [4.78, 5) is 16.3. The van der Waals surface area contributed by atoms with E-state index in [0.29, 0.717) is 36.3 Å². The highest BCUT2D eigenvalue weighted by Gasteiger charge is 2.29. The first-order valence-corrected chi connectivity index (χ1v) is 13.8. The molecule has 2 saturated heterocycles. The summed E-state index contributed by atoms with van der Waals surface area (Å²) in [6, 6.07) is 2.79. The zero-order chi connectivity index (χ0) is 26.5. The number of methoxy groups -OCH3 is 1. The van der Waals surface area contributed by atoms with E-state index in [1.807, 2.05) is 10.9 Å². The number of aliphatic hydroxyl groups is 1. The third-order valence-corrected chi connectivity index (χ3v) is 7.86. The van der Waals surface area contributed by atoms with E-state index in [1.54, 1.807) is 13.3 Å². The molecule has 3 aromatic rings. The van der Waals surface area contributed by atoms with Gasteiger partial charge in [0.15, 0.2) is 5.82 Å². The van der Waals surface area contributed by atoms with Crippen LogP contribution in [-0.4, -0.2) is 86.8 Å². The van der Waals surface area contributed by atoms with Gasteiger partial charge in [-0.3, -0.25) is 14.6 Å². The summed E-state index contributed by atoms with van der Waals surface area (Å²) < 4.78 is 13.2. The molecule has 0 spiro atoms. The molecule has 2 fully saturated rings. The number of hydrogen-bond donors (Lipinski definition) is 3. The number of rotatable bonds is 11. The average Bonchev–Trinajstić information content (AvgIpc) is 3.60. The monoisotopic (exact) mass is 524 g/mol. The lowest BCUT2D eigenvalue weighted by Gasteiger charge is -2.35. The highest BCUT2D eigenvalue weighted by molar-refractivity contribution is 5.86. The van der Waals surface area contributed by atoms with Gasteiger partial charge in [-0.15, -0.1) is 0 Å². The number of aromatic nitrogens is 5. The van der Waals surface area contributed by atoms with E-state index in [0.717, 1.165) is 75.4 Å². The third kappa shape index (κ3) is 5.84. The van der Waals surface area contributed by atoms with Gasteiger partial charge in [0.2, 0.25) is 5.95 Å². The van der Waals surface area contributed by atoms with Crippen LogP contribution in [0.3, 0.4) is 0 Å². The summed E-state index contributed by atoms with van der Waals surface area (Å²) in [6.07, 6.45) is 9.59. The van der Waals surface area contributed by atoms with Crippen LogP contribution in [0.5, 0.6) is 5.75 Å². The predicted octanol–water partition coefficient (Wildman–Crippen LogP) is 2.79. The van der Waals surface area contributed by atoms with Gasteiger partial charge < -0.3 is 25.6 Å². The fourth-order valence-corrected chi connectivity index (χ4v) is 5.78. The molecule has 11 nitrogen and oxygen atoms in total. The summed E-state index contributed by atoms with van der Waals surface area (Å²) in [7, 11) is 1.69. The van der Waals surface area contributed by atoms with E-state index >= 15 is 0 Å². The van der Waals surface area contributed by atoms with Crippen molar-refractivity contribution < 1.29 is 14.6 Å². The number of ether oxygens (including phenoxy) is 2. The fraction of sp³-hybridized carbons (Fsp3) is 0.630. The molecule has 1 unspecified atom stereocenters. The summed E-state index contributed by atoms with van der Waals surface area (Å²) >= 11 is 0. The maximum Gasteiger partial charge on any atom is 0.222 e. The second-order valence-electron chi connectivity index (χ2n) is 10.4. The topological polar surface area (TPSA) is 136 Å². The minimum atomic E-state index is 0.0745. The molecule has 0 amide bonds. The molecule has 2 aliphatic rings. The second kappa shape index (κ2) is 12.2. The van der Waals surface area contributed by atoms with Crippen molar-refractivity contribution in [1.29, 1.82) is 0 Å². The van der Waals surface area contributed by atoms with Gasteiger partial charge in [-0.05, 0) is 62.7 Å². The Balaban J connectivity index is 1.35. The largest absolute Gasteiger partial charge is 0.495 e. The van der Waals surface area contributed by atoms with Crippen molar-refractivity contribution in [1.82, 2.24) is 29.6 Å². The standard InChI is InChI=1S/C27H40N8O3/c1-3-4-20(7-11-36)31-26-25-22(32-27(28)33-26)15-30-35(25)16-23-24(37-2)13-19(14-29-23)18-5-9-34(10-6-18)21-8-12-38-17-21/h13-15,18,20-21,36H,3-12,16-17H2,1-2H3,(H3,28,31,32,33)/t20-,21?/m0/s1. The number of likely N-dealkylation sites (tertiary alicyclic amines) is 1. The minimum Gasteiger partial charge on any atom is -0.495 e. The van der Waals surface area contributed by atoms with Crippen LogP contribution in [0, 0.1) is 0 Å². The van der Waals surface area contributed by atoms with Gasteiger partial charge in [-0.2, -0.15) is 10.1 Å². The van der Waals surface area contributed by atoms with Crippen molar-refractivity contribution in [3.8, 4) is 5.75 Å². The number of piperidine rings is 1. The Morgan fingerprint density at radius 2 is 2.05 bits per heavy atom. The lowest BCUT2D eigenvalue weighted by Crippen LogP contribution is -2.41. The van der Waals surface area contributed by atoms with E-state index in [9.17, 15) is 5.11 Å². The molecule has 0 radical (unpaired) electrons. The van der Waals surface area contributed by atoms with Crippen molar-refractivity contribution in [2.75, 3.05) is 51.1 Å². The lowest BCUT2D eigenvalue weighted by molar-refractivity contribution is 0.122. The first kappa shape index (κ1) is 26.6. The SMILES string of the molecule is CCC[C@@H](CCO)Nc1nc(N)nc2cnn(Cc3ncc(C4CCN(C5CCOC5)CC4)cc3OC)c12. The Bertz CT molecular complexity index is 1200. The van der Waals surface area contributed by atoms with Crippen molar-refractivity contribution in [2.45, 2.75) is 70.0 Å². The highest BCUT2D eigenvalue weighted by atomic mass is 16.5. The Morgan fingerprint density at radius 1 is 1.21 bits per heavy atom. The maximum absolute atomic E-state index is 9.51. The summed E-state index contributed by atoms with van der Waals surface area (Å²) in [6.45, 7) is 6.57. The summed E-state index contributed by atoms with van der Waals surface area (Å²) in [5, 5.41) is 17.6. The minimum absolute atomic E-state index is 0.0745. The van der Waals surface area contributed by atoms with Crippen LogP contribution in [0.1, 0.15) is 62.6 Å². The van der Waals surface area contributed by atoms with E-state index in [1.165, 1.54) is 5.56 Å². The number of fused-ring (bicyclic) bond motifs is 1. The maximum atomic E-state index is 9.51. The van der Waals surface area contributed by atoms with Gasteiger partial charge in [0.05, 0.1) is 26.5 Å². The van der Waals surface area contributed by atoms with E-state index < -0.39 is 0 Å². The first-order chi connectivity index (χ1) is 18.6. The molecular weight excluding hydrogens is 484 g/mol. The van der Waals surface area contributed by atoms with Gasteiger partial charge in [0.25, 0.3) is 0 Å². The molecule has 0 saturated carbocycles. The van der Waals surface area contributed by atoms with Crippen LogP contribution in [0.2, 0.25) is 0 Å². The van der Waals surface area contributed by atoms with Gasteiger partial charge in [0, 0.05) is 31.5 Å². The molecule has 206 valence electrons. The van der Waals surface area contributed by atoms with Crippen molar-refractivity contribution in [2.24, 2.45) is 0 Å². The molecule has 4 N–H and O–H groups in total. The van der Waals surface area contributed by atoms with E-state index in [2.05, 4.69) is 38.3 Å². The molecule has 0 aliphatic carbocycles. The van der Waals surface area contributed by atoms with Gasteiger partial charge in [0.1, 0.15) is 22.5 Å². The molecule has 2 aliphatic heterocycles. The number of hydrogen-bond acceptors (Lipinski definition) is 10. The van der Waals surface area contributed by atoms with Crippen LogP contribution in [0.25, 0.3) is 11.0 Å². The Kier molecular flexibility index (Phi) is 8.55. The average molecular weight is 525 g/mol. The smallest absolute Gasteiger partial charge is 0.222 e. The summed E-state index contributed by atoms with van der Waals surface area (Å²) in [5.74, 6) is 2.04. The number of nitrogen functional groups attached to an aromatic ring is 1. The van der Waals surface area contributed by atoms with Crippen LogP contribution in [0.4, 0.5) is 11.8 Å². The van der Waals surface area contributed by atoms with Crippen molar-refractivity contribution >= 4 is 22.8 Å². The first-order valence-electron chi connectivity index (χ1n) is 13.8. The van der Waals surface area contributed by atoms with Crippen molar-refractivity contribution in [3.63, 3.8) is 0 Å². The van der Waals surface area contributed by atoms with Crippen LogP contribution < -0.4 is 15.8 Å². The molecule has 0 aromatic carbocycles. The number of nitrogens with zero attached hydrogens (tertiary/aromatic N) is 6. The van der Waals surface area contributed by atoms with Crippen molar-refractivity contribution in [3.05, 3.63) is 29.7 Å². The molecule has 3 aromatic heterocycles. The molecule has 2 atom stereocenters. The lowest BCUT2D eigenvalue weighted by atomic mass is 9.89. The Labute approximate surface area is 223 Å². The number of pyridine rings is 1. The number of nitrogens with two attached hydrogens (primary N) is 1. The zero-order valence-corrected chi connectivity index (χ0v) is 22.5. The number of nitrogens with one attached hydrogen (secondary N) is 1. The van der Waals surface area contributed by atoms with Crippen LogP contribution >= 0.6 is 0 Å². The fourth-order valence-electron chi connectivity index (χ4n) is 5.78. The second-order valence-corrected chi connectivity index (χ2v) is 10.4. The van der Waals surface area contributed by atoms with Gasteiger partial charge in [-0.1, -0.05) is 13.3 Å². The molecular formula is C27H40N8O3. The third-order valence-electron chi connectivity index (χ3n) is 7.86. The quantitative estimate of drug-likeness (QED) is 0.343. The number of anilines is 2. The predicted molar refractivity (Wildman–Crippen MR) is 146 cm³/mol. The highest BCUT2D eigenvalue weighted by Crippen LogP contribution is 2.33. The van der Waals surface area contributed by atoms with Gasteiger partial charge in [-0.25, -0.2) is 4.98 Å².